The van der Waals surface area contributed by atoms with Gasteiger partial charge in [0.2, 0.25) is 15.9 Å². The highest BCUT2D eigenvalue weighted by Crippen LogP contribution is 2.32. The molecule has 0 fully saturated rings. The van der Waals surface area contributed by atoms with E-state index in [-0.39, 0.29) is 24.8 Å². The molecule has 6 nitrogen and oxygen atoms in total. The van der Waals surface area contributed by atoms with E-state index < -0.39 is 10.0 Å². The van der Waals surface area contributed by atoms with Gasteiger partial charge in [-0.1, -0.05) is 43.6 Å². The summed E-state index contributed by atoms with van der Waals surface area (Å²) < 4.78 is 32.0. The Hall–Kier alpha value is -2.25. The summed E-state index contributed by atoms with van der Waals surface area (Å²) in [6.45, 7) is 6.94. The molecule has 0 unspecified atom stereocenters. The Labute approximate surface area is 190 Å². The van der Waals surface area contributed by atoms with E-state index >= 15 is 0 Å². The normalized spacial score (nSPS) is 11.4. The molecule has 0 saturated carbocycles. The Morgan fingerprint density at radius 2 is 1.84 bits per heavy atom. The number of halogens is 1. The first-order valence-corrected chi connectivity index (χ1v) is 12.5. The quantitative estimate of drug-likeness (QED) is 0.494. The zero-order chi connectivity index (χ0) is 23.0. The number of nitrogens with one attached hydrogen (secondary N) is 1. The van der Waals surface area contributed by atoms with Crippen molar-refractivity contribution in [2.24, 2.45) is 0 Å². The molecule has 2 aromatic carbocycles. The van der Waals surface area contributed by atoms with Crippen LogP contribution in [0.4, 0.5) is 5.69 Å². The predicted octanol–water partition coefficient (Wildman–Crippen LogP) is 4.51. The van der Waals surface area contributed by atoms with Crippen LogP contribution >= 0.6 is 11.6 Å². The standard InChI is InChI=1S/C23H31ClN2O4S/c1-17(2)21-8-5-7-18(3)23(21)26(31(4,28)29)15-6-9-22(27)25-14-16-30-20-12-10-19(24)11-13-20/h5,7-8,10-13,17H,6,9,14-16H2,1-4H3,(H,25,27). The monoisotopic (exact) mass is 466 g/mol. The van der Waals surface area contributed by atoms with Gasteiger partial charge in [0, 0.05) is 18.0 Å². The summed E-state index contributed by atoms with van der Waals surface area (Å²) >= 11 is 5.83. The molecule has 170 valence electrons. The van der Waals surface area contributed by atoms with E-state index in [0.29, 0.717) is 30.3 Å². The largest absolute Gasteiger partial charge is 0.492 e. The SMILES string of the molecule is Cc1cccc(C(C)C)c1N(CCCC(=O)NCCOc1ccc(Cl)cc1)S(C)(=O)=O. The van der Waals surface area contributed by atoms with Gasteiger partial charge in [-0.2, -0.15) is 0 Å². The molecule has 0 bridgehead atoms. The second kappa shape index (κ2) is 11.4. The number of carbonyl (C=O) groups is 1. The van der Waals surface area contributed by atoms with Gasteiger partial charge in [-0.25, -0.2) is 8.42 Å². The highest BCUT2D eigenvalue weighted by Gasteiger charge is 2.23. The molecule has 31 heavy (non-hydrogen) atoms. The summed E-state index contributed by atoms with van der Waals surface area (Å²) in [5, 5.41) is 3.43. The number of hydrogen-bond acceptors (Lipinski definition) is 4. The van der Waals surface area contributed by atoms with Crippen molar-refractivity contribution in [3.05, 3.63) is 58.6 Å². The lowest BCUT2D eigenvalue weighted by molar-refractivity contribution is -0.121. The minimum absolute atomic E-state index is 0.137. The predicted molar refractivity (Wildman–Crippen MR) is 127 cm³/mol. The van der Waals surface area contributed by atoms with Gasteiger partial charge >= 0.3 is 0 Å². The van der Waals surface area contributed by atoms with Crippen molar-refractivity contribution < 1.29 is 17.9 Å². The van der Waals surface area contributed by atoms with Crippen LogP contribution in [0, 0.1) is 6.92 Å². The fourth-order valence-electron chi connectivity index (χ4n) is 3.29. The maximum atomic E-state index is 12.5. The molecular weight excluding hydrogens is 436 g/mol. The van der Waals surface area contributed by atoms with Crippen LogP contribution in [-0.2, 0) is 14.8 Å². The van der Waals surface area contributed by atoms with Crippen LogP contribution in [0.2, 0.25) is 5.02 Å². The summed E-state index contributed by atoms with van der Waals surface area (Å²) in [6, 6.07) is 12.8. The molecule has 0 saturated heterocycles. The van der Waals surface area contributed by atoms with E-state index in [0.717, 1.165) is 16.8 Å². The summed E-state index contributed by atoms with van der Waals surface area (Å²) in [5.74, 6) is 0.728. The van der Waals surface area contributed by atoms with Crippen LogP contribution in [0.3, 0.4) is 0 Å². The summed E-state index contributed by atoms with van der Waals surface area (Å²) in [4.78, 5) is 12.2. The molecule has 0 aliphatic rings. The van der Waals surface area contributed by atoms with Gasteiger partial charge in [-0.05, 0) is 54.7 Å². The number of hydrogen-bond donors (Lipinski definition) is 1. The van der Waals surface area contributed by atoms with Crippen molar-refractivity contribution in [3.8, 4) is 5.75 Å². The smallest absolute Gasteiger partial charge is 0.232 e. The van der Waals surface area contributed by atoms with E-state index in [1.54, 1.807) is 24.3 Å². The summed E-state index contributed by atoms with van der Waals surface area (Å²) in [5.41, 5.74) is 2.60. The van der Waals surface area contributed by atoms with Crippen molar-refractivity contribution in [3.63, 3.8) is 0 Å². The molecule has 1 amide bonds. The first-order valence-electron chi connectivity index (χ1n) is 10.3. The van der Waals surface area contributed by atoms with E-state index in [1.807, 2.05) is 39.0 Å². The van der Waals surface area contributed by atoms with Crippen molar-refractivity contribution >= 4 is 33.2 Å². The van der Waals surface area contributed by atoms with E-state index in [9.17, 15) is 13.2 Å². The van der Waals surface area contributed by atoms with E-state index in [1.165, 1.54) is 10.6 Å². The fraction of sp³-hybridized carbons (Fsp3) is 0.435. The highest BCUT2D eigenvalue weighted by molar-refractivity contribution is 7.92. The number of para-hydroxylation sites is 1. The van der Waals surface area contributed by atoms with Crippen LogP contribution < -0.4 is 14.4 Å². The molecule has 0 aromatic heterocycles. The van der Waals surface area contributed by atoms with Gasteiger partial charge in [0.15, 0.2) is 0 Å². The van der Waals surface area contributed by atoms with Crippen molar-refractivity contribution in [2.45, 2.75) is 39.5 Å². The third-order valence-electron chi connectivity index (χ3n) is 4.81. The number of nitrogens with zero attached hydrogens (tertiary/aromatic N) is 1. The third-order valence-corrected chi connectivity index (χ3v) is 6.23. The summed E-state index contributed by atoms with van der Waals surface area (Å²) in [6.07, 6.45) is 1.86. The maximum Gasteiger partial charge on any atom is 0.232 e. The van der Waals surface area contributed by atoms with Gasteiger partial charge in [0.1, 0.15) is 12.4 Å². The van der Waals surface area contributed by atoms with Crippen LogP contribution in [0.25, 0.3) is 0 Å². The Kier molecular flexibility index (Phi) is 9.19. The number of aryl methyl sites for hydroxylation is 1. The molecule has 0 radical (unpaired) electrons. The molecule has 0 heterocycles. The topological polar surface area (TPSA) is 75.7 Å². The zero-order valence-corrected chi connectivity index (χ0v) is 20.1. The van der Waals surface area contributed by atoms with Gasteiger partial charge in [0.05, 0.1) is 18.5 Å². The van der Waals surface area contributed by atoms with E-state index in [2.05, 4.69) is 5.32 Å². The van der Waals surface area contributed by atoms with Gasteiger partial charge < -0.3 is 10.1 Å². The fourth-order valence-corrected chi connectivity index (χ4v) is 4.46. The van der Waals surface area contributed by atoms with Gasteiger partial charge in [-0.3, -0.25) is 9.10 Å². The number of amides is 1. The molecule has 1 N–H and O–H groups in total. The molecule has 0 atom stereocenters. The number of ether oxygens (including phenoxy) is 1. The van der Waals surface area contributed by atoms with Gasteiger partial charge in [0.25, 0.3) is 0 Å². The minimum atomic E-state index is -3.48. The van der Waals surface area contributed by atoms with Crippen molar-refractivity contribution in [1.82, 2.24) is 5.32 Å². The summed E-state index contributed by atoms with van der Waals surface area (Å²) in [7, 11) is -3.48. The second-order valence-electron chi connectivity index (χ2n) is 7.76. The molecule has 0 spiro atoms. The van der Waals surface area contributed by atoms with Crippen LogP contribution in [0.5, 0.6) is 5.75 Å². The minimum Gasteiger partial charge on any atom is -0.492 e. The number of carbonyl (C=O) groups excluding carboxylic acids is 1. The van der Waals surface area contributed by atoms with Gasteiger partial charge in [-0.15, -0.1) is 0 Å². The number of benzene rings is 2. The lowest BCUT2D eigenvalue weighted by Gasteiger charge is -2.28. The van der Waals surface area contributed by atoms with E-state index in [4.69, 9.17) is 16.3 Å². The zero-order valence-electron chi connectivity index (χ0n) is 18.5. The molecule has 2 rings (SSSR count). The maximum absolute atomic E-state index is 12.5. The molecule has 0 aliphatic heterocycles. The van der Waals surface area contributed by atoms with Crippen molar-refractivity contribution in [2.75, 3.05) is 30.3 Å². The number of anilines is 1. The van der Waals surface area contributed by atoms with Crippen LogP contribution in [-0.4, -0.2) is 40.3 Å². The molecule has 2 aromatic rings. The highest BCUT2D eigenvalue weighted by atomic mass is 35.5. The van der Waals surface area contributed by atoms with Crippen molar-refractivity contribution in [1.29, 1.82) is 0 Å². The Morgan fingerprint density at radius 1 is 1.16 bits per heavy atom. The Bertz CT molecular complexity index is 976. The Morgan fingerprint density at radius 3 is 2.45 bits per heavy atom. The molecule has 8 heteroatoms. The van der Waals surface area contributed by atoms with Crippen LogP contribution in [0.1, 0.15) is 43.7 Å². The lowest BCUT2D eigenvalue weighted by atomic mass is 9.98. The second-order valence-corrected chi connectivity index (χ2v) is 10.1. The van der Waals surface area contributed by atoms with Crippen LogP contribution in [0.15, 0.2) is 42.5 Å². The third kappa shape index (κ3) is 7.74. The number of rotatable bonds is 11. The lowest BCUT2D eigenvalue weighted by Crippen LogP contribution is -2.34. The Balaban J connectivity index is 1.88. The number of sulfonamides is 1. The first-order chi connectivity index (χ1) is 14.6. The molecule has 0 aliphatic carbocycles. The first kappa shape index (κ1) is 25.0. The molecular formula is C23H31ClN2O4S. The average Bonchev–Trinajstić information content (AvgIpc) is 2.69. The average molecular weight is 467 g/mol.